The van der Waals surface area contributed by atoms with Crippen molar-refractivity contribution < 1.29 is 9.53 Å². The molecule has 1 aliphatic heterocycles. The van der Waals surface area contributed by atoms with Crippen LogP contribution < -0.4 is 5.32 Å². The third kappa shape index (κ3) is 5.83. The third-order valence-corrected chi connectivity index (χ3v) is 3.09. The summed E-state index contributed by atoms with van der Waals surface area (Å²) in [4.78, 5) is 14.0. The van der Waals surface area contributed by atoms with Crippen molar-refractivity contribution in [2.24, 2.45) is 0 Å². The van der Waals surface area contributed by atoms with Crippen molar-refractivity contribution >= 4 is 5.91 Å². The first kappa shape index (κ1) is 15.4. The highest BCUT2D eigenvalue weighted by atomic mass is 16.5. The Balaban J connectivity index is 2.34. The number of hydrogen-bond acceptors (Lipinski definition) is 3. The molecule has 4 heteroatoms. The van der Waals surface area contributed by atoms with Gasteiger partial charge >= 0.3 is 0 Å². The number of nitrogens with one attached hydrogen (secondary N) is 1. The van der Waals surface area contributed by atoms with Gasteiger partial charge in [-0.2, -0.15) is 0 Å². The van der Waals surface area contributed by atoms with Crippen molar-refractivity contribution in [1.82, 2.24) is 10.2 Å². The van der Waals surface area contributed by atoms with Crippen LogP contribution in [0.2, 0.25) is 0 Å². The third-order valence-electron chi connectivity index (χ3n) is 3.09. The minimum absolute atomic E-state index is 0.118. The minimum Gasteiger partial charge on any atom is -0.366 e. The molecule has 1 N–H and O–H groups in total. The molecule has 1 fully saturated rings. The minimum atomic E-state index is -0.245. The monoisotopic (exact) mass is 256 g/mol. The Morgan fingerprint density at radius 1 is 1.44 bits per heavy atom. The fourth-order valence-electron chi connectivity index (χ4n) is 2.09. The van der Waals surface area contributed by atoms with Crippen molar-refractivity contribution in [2.45, 2.75) is 58.6 Å². The summed E-state index contributed by atoms with van der Waals surface area (Å²) in [7, 11) is 0. The van der Waals surface area contributed by atoms with Gasteiger partial charge in [0, 0.05) is 19.1 Å². The first-order chi connectivity index (χ1) is 8.42. The zero-order chi connectivity index (χ0) is 13.6. The van der Waals surface area contributed by atoms with Crippen LogP contribution in [0.4, 0.5) is 0 Å². The van der Waals surface area contributed by atoms with Crippen LogP contribution in [-0.2, 0) is 9.53 Å². The zero-order valence-corrected chi connectivity index (χ0v) is 12.3. The summed E-state index contributed by atoms with van der Waals surface area (Å²) in [5.41, 5.74) is -0.245. The largest absolute Gasteiger partial charge is 0.366 e. The van der Waals surface area contributed by atoms with Gasteiger partial charge in [-0.1, -0.05) is 6.92 Å². The molecule has 106 valence electrons. The number of carbonyl (C=O) groups is 1. The Labute approximate surface area is 111 Å². The van der Waals surface area contributed by atoms with Crippen LogP contribution >= 0.6 is 0 Å². The molecule has 0 saturated carbocycles. The first-order valence-electron chi connectivity index (χ1n) is 7.07. The van der Waals surface area contributed by atoms with Gasteiger partial charge in [-0.25, -0.2) is 0 Å². The van der Waals surface area contributed by atoms with Crippen LogP contribution in [0.15, 0.2) is 0 Å². The van der Waals surface area contributed by atoms with Gasteiger partial charge in [0.05, 0.1) is 5.60 Å². The number of nitrogens with zero attached hydrogens (tertiary/aromatic N) is 1. The van der Waals surface area contributed by atoms with Crippen molar-refractivity contribution in [2.75, 3.05) is 26.2 Å². The molecule has 0 aliphatic carbocycles. The molecule has 0 bridgehead atoms. The van der Waals surface area contributed by atoms with E-state index < -0.39 is 0 Å². The molecule has 1 heterocycles. The van der Waals surface area contributed by atoms with E-state index >= 15 is 0 Å². The Kier molecular flexibility index (Phi) is 6.09. The Hall–Kier alpha value is -0.610. The molecule has 1 amide bonds. The van der Waals surface area contributed by atoms with E-state index in [-0.39, 0.29) is 18.1 Å². The van der Waals surface area contributed by atoms with Crippen molar-refractivity contribution in [3.8, 4) is 0 Å². The second kappa shape index (κ2) is 7.10. The molecular formula is C14H28N2O2. The molecule has 1 unspecified atom stereocenters. The summed E-state index contributed by atoms with van der Waals surface area (Å²) in [5, 5.41) is 3.49. The number of carbonyl (C=O) groups excluding carboxylic acids is 1. The smallest absolute Gasteiger partial charge is 0.248 e. The van der Waals surface area contributed by atoms with E-state index in [4.69, 9.17) is 4.74 Å². The lowest BCUT2D eigenvalue weighted by molar-refractivity contribution is -0.142. The maximum absolute atomic E-state index is 12.0. The van der Waals surface area contributed by atoms with E-state index in [0.29, 0.717) is 6.04 Å². The molecule has 0 spiro atoms. The molecule has 1 saturated heterocycles. The number of amides is 1. The molecule has 0 aromatic heterocycles. The molecule has 1 atom stereocenters. The molecule has 0 radical (unpaired) electrons. The maximum atomic E-state index is 12.0. The average Bonchev–Trinajstić information content (AvgIpc) is 2.33. The Bertz CT molecular complexity index is 261. The van der Waals surface area contributed by atoms with E-state index in [1.165, 1.54) is 6.42 Å². The highest BCUT2D eigenvalue weighted by Crippen LogP contribution is 2.12. The predicted molar refractivity (Wildman–Crippen MR) is 73.6 cm³/mol. The topological polar surface area (TPSA) is 41.6 Å². The summed E-state index contributed by atoms with van der Waals surface area (Å²) in [6.07, 6.45) is 3.39. The van der Waals surface area contributed by atoms with E-state index in [1.807, 2.05) is 25.7 Å². The van der Waals surface area contributed by atoms with Crippen molar-refractivity contribution in [3.05, 3.63) is 0 Å². The molecule has 1 aliphatic rings. The van der Waals surface area contributed by atoms with Gasteiger partial charge in [0.25, 0.3) is 0 Å². The van der Waals surface area contributed by atoms with Crippen LogP contribution in [0.25, 0.3) is 0 Å². The summed E-state index contributed by atoms with van der Waals surface area (Å²) < 4.78 is 5.55. The average molecular weight is 256 g/mol. The van der Waals surface area contributed by atoms with Gasteiger partial charge < -0.3 is 15.0 Å². The fourth-order valence-corrected chi connectivity index (χ4v) is 2.09. The standard InChI is InChI=1S/C14H28N2O2/c1-5-8-15-12-7-6-9-16(10-12)13(17)11-18-14(2,3)4/h12,15H,5-11H2,1-4H3. The summed E-state index contributed by atoms with van der Waals surface area (Å²) in [6.45, 7) is 11.0. The lowest BCUT2D eigenvalue weighted by atomic mass is 10.1. The highest BCUT2D eigenvalue weighted by molar-refractivity contribution is 5.77. The fraction of sp³-hybridized carbons (Fsp3) is 0.929. The van der Waals surface area contributed by atoms with Gasteiger partial charge in [-0.05, 0) is 46.6 Å². The SMILES string of the molecule is CCCNC1CCCN(C(=O)COC(C)(C)C)C1. The van der Waals surface area contributed by atoms with E-state index in [1.54, 1.807) is 0 Å². The van der Waals surface area contributed by atoms with E-state index in [9.17, 15) is 4.79 Å². The summed E-state index contributed by atoms with van der Waals surface area (Å²) in [5.74, 6) is 0.118. The second-order valence-corrected chi connectivity index (χ2v) is 6.03. The van der Waals surface area contributed by atoms with Crippen LogP contribution in [0, 0.1) is 0 Å². The van der Waals surface area contributed by atoms with Gasteiger partial charge in [-0.15, -0.1) is 0 Å². The zero-order valence-electron chi connectivity index (χ0n) is 12.3. The van der Waals surface area contributed by atoms with Gasteiger partial charge in [0.15, 0.2) is 0 Å². The highest BCUT2D eigenvalue weighted by Gasteiger charge is 2.24. The number of piperidine rings is 1. The van der Waals surface area contributed by atoms with Crippen LogP contribution in [0.3, 0.4) is 0 Å². The lowest BCUT2D eigenvalue weighted by Gasteiger charge is -2.34. The van der Waals surface area contributed by atoms with E-state index in [2.05, 4.69) is 12.2 Å². The molecule has 0 aromatic rings. The van der Waals surface area contributed by atoms with Crippen LogP contribution in [0.1, 0.15) is 47.0 Å². The predicted octanol–water partition coefficient (Wildman–Crippen LogP) is 1.79. The van der Waals surface area contributed by atoms with Gasteiger partial charge in [0.2, 0.25) is 5.91 Å². The number of likely N-dealkylation sites (tertiary alicyclic amines) is 1. The summed E-state index contributed by atoms with van der Waals surface area (Å²) >= 11 is 0. The summed E-state index contributed by atoms with van der Waals surface area (Å²) in [6, 6.07) is 0.456. The van der Waals surface area contributed by atoms with Crippen molar-refractivity contribution in [3.63, 3.8) is 0 Å². The Morgan fingerprint density at radius 2 is 2.17 bits per heavy atom. The van der Waals surface area contributed by atoms with Crippen LogP contribution in [-0.4, -0.2) is 48.7 Å². The van der Waals surface area contributed by atoms with Crippen molar-refractivity contribution in [1.29, 1.82) is 0 Å². The number of rotatable bonds is 5. The van der Waals surface area contributed by atoms with E-state index in [0.717, 1.165) is 32.5 Å². The van der Waals surface area contributed by atoms with Crippen LogP contribution in [0.5, 0.6) is 0 Å². The maximum Gasteiger partial charge on any atom is 0.248 e. The number of hydrogen-bond donors (Lipinski definition) is 1. The quantitative estimate of drug-likeness (QED) is 0.815. The molecule has 4 nitrogen and oxygen atoms in total. The molecular weight excluding hydrogens is 228 g/mol. The molecule has 1 rings (SSSR count). The molecule has 0 aromatic carbocycles. The first-order valence-corrected chi connectivity index (χ1v) is 7.07. The molecule has 18 heavy (non-hydrogen) atoms. The van der Waals surface area contributed by atoms with Gasteiger partial charge in [-0.3, -0.25) is 4.79 Å². The normalized spacial score (nSPS) is 21.1. The lowest BCUT2D eigenvalue weighted by Crippen LogP contribution is -2.49. The Morgan fingerprint density at radius 3 is 2.78 bits per heavy atom. The second-order valence-electron chi connectivity index (χ2n) is 6.03. The number of ether oxygens (including phenoxy) is 1. The van der Waals surface area contributed by atoms with Gasteiger partial charge in [0.1, 0.15) is 6.61 Å².